The summed E-state index contributed by atoms with van der Waals surface area (Å²) in [5.74, 6) is -1.39. The first kappa shape index (κ1) is 29.4. The lowest BCUT2D eigenvalue weighted by atomic mass is 9.64. The molecule has 1 amide bonds. The van der Waals surface area contributed by atoms with Crippen molar-refractivity contribution in [3.8, 4) is 0 Å². The summed E-state index contributed by atoms with van der Waals surface area (Å²) in [7, 11) is -3.51. The summed E-state index contributed by atoms with van der Waals surface area (Å²) in [6.45, 7) is 1.97. The molecule has 1 saturated heterocycles. The molecule has 2 N–H and O–H groups in total. The molecule has 2 aliphatic carbocycles. The third-order valence-electron chi connectivity index (χ3n) is 9.14. The average Bonchev–Trinajstić information content (AvgIpc) is 3.70. The quantitative estimate of drug-likeness (QED) is 0.318. The van der Waals surface area contributed by atoms with Gasteiger partial charge in [-0.15, -0.1) is 0 Å². The number of carbonyl (C=O) groups is 2. The average molecular weight is 608 g/mol. The first-order chi connectivity index (χ1) is 19.0. The molecule has 4 unspecified atom stereocenters. The van der Waals surface area contributed by atoms with Gasteiger partial charge >= 0.3 is 5.97 Å². The first-order valence-electron chi connectivity index (χ1n) is 14.1. The fourth-order valence-electron chi connectivity index (χ4n) is 6.49. The number of benzene rings is 2. The molecule has 1 heterocycles. The van der Waals surface area contributed by atoms with Crippen molar-refractivity contribution in [2.24, 2.45) is 11.3 Å². The van der Waals surface area contributed by atoms with Gasteiger partial charge in [0, 0.05) is 28.5 Å². The lowest BCUT2D eigenvalue weighted by molar-refractivity contribution is -0.162. The Morgan fingerprint density at radius 2 is 1.77 bits per heavy atom. The van der Waals surface area contributed by atoms with Crippen molar-refractivity contribution < 1.29 is 23.1 Å². The second-order valence-corrected chi connectivity index (χ2v) is 14.5. The summed E-state index contributed by atoms with van der Waals surface area (Å²) in [6, 6.07) is 14.1. The second-order valence-electron chi connectivity index (χ2n) is 11.6. The van der Waals surface area contributed by atoms with Crippen LogP contribution in [0.25, 0.3) is 0 Å². The maximum absolute atomic E-state index is 14.6. The Labute approximate surface area is 246 Å². The van der Waals surface area contributed by atoms with Crippen LogP contribution < -0.4 is 4.72 Å². The molecule has 5 rings (SSSR count). The van der Waals surface area contributed by atoms with E-state index in [1.807, 2.05) is 42.2 Å². The van der Waals surface area contributed by atoms with Crippen molar-refractivity contribution in [2.45, 2.75) is 81.5 Å². The van der Waals surface area contributed by atoms with Gasteiger partial charge in [0.2, 0.25) is 15.9 Å². The van der Waals surface area contributed by atoms with Crippen LogP contribution in [-0.4, -0.2) is 48.1 Å². The zero-order chi connectivity index (χ0) is 28.7. The third kappa shape index (κ3) is 5.91. The van der Waals surface area contributed by atoms with Gasteiger partial charge in [0.1, 0.15) is 0 Å². The van der Waals surface area contributed by atoms with E-state index in [4.69, 9.17) is 23.2 Å². The van der Waals surface area contributed by atoms with Crippen LogP contribution in [0.1, 0.15) is 81.4 Å². The van der Waals surface area contributed by atoms with Crippen LogP contribution in [-0.2, 0) is 19.6 Å². The number of aliphatic carboxylic acids is 1. The zero-order valence-corrected chi connectivity index (χ0v) is 24.9. The van der Waals surface area contributed by atoms with Crippen LogP contribution in [0.3, 0.4) is 0 Å². The first-order valence-corrected chi connectivity index (χ1v) is 16.4. The number of nitrogens with zero attached hydrogens (tertiary/aromatic N) is 1. The highest BCUT2D eigenvalue weighted by atomic mass is 35.5. The molecule has 40 heavy (non-hydrogen) atoms. The lowest BCUT2D eigenvalue weighted by Gasteiger charge is -2.53. The smallest absolute Gasteiger partial charge is 0.304 e. The van der Waals surface area contributed by atoms with Crippen LogP contribution in [0, 0.1) is 11.3 Å². The van der Waals surface area contributed by atoms with Gasteiger partial charge in [-0.1, -0.05) is 60.8 Å². The molecule has 216 valence electrons. The Morgan fingerprint density at radius 1 is 1.07 bits per heavy atom. The predicted molar refractivity (Wildman–Crippen MR) is 156 cm³/mol. The molecule has 10 heteroatoms. The largest absolute Gasteiger partial charge is 0.481 e. The van der Waals surface area contributed by atoms with Crippen LogP contribution >= 0.6 is 23.2 Å². The molecule has 0 aromatic heterocycles. The van der Waals surface area contributed by atoms with E-state index in [-0.39, 0.29) is 30.7 Å². The summed E-state index contributed by atoms with van der Waals surface area (Å²) in [4.78, 5) is 28.6. The number of likely N-dealkylation sites (tertiary alicyclic amines) is 1. The minimum absolute atomic E-state index is 0.106. The standard InChI is InChI=1S/C30H36Cl2N2O5S/c1-2-30(17-27(35)36)16-25(21-5-3-6-23(32)15-21)28(20-11-13-22(31)14-12-20)34(29(30)37)26(19-9-10-19)18-33-40(38,39)24-7-4-8-24/h3,5-6,11-15,19,24-26,28,33H,2,4,7-10,16-18H2,1H3,(H,35,36). The van der Waals surface area contributed by atoms with Crippen molar-refractivity contribution in [3.05, 3.63) is 69.7 Å². The molecule has 2 saturated carbocycles. The Kier molecular flexibility index (Phi) is 8.54. The fourth-order valence-corrected chi connectivity index (χ4v) is 8.41. The van der Waals surface area contributed by atoms with Crippen LogP contribution in [0.4, 0.5) is 0 Å². The fraction of sp³-hybridized carbons (Fsp3) is 0.533. The summed E-state index contributed by atoms with van der Waals surface area (Å²) < 4.78 is 28.9. The molecule has 3 fully saturated rings. The van der Waals surface area contributed by atoms with E-state index in [2.05, 4.69) is 4.72 Å². The van der Waals surface area contributed by atoms with Gasteiger partial charge in [0.15, 0.2) is 0 Å². The SMILES string of the molecule is CCC1(CC(=O)O)CC(c2cccc(Cl)c2)C(c2ccc(Cl)cc2)N(C(CNS(=O)(=O)C2CCC2)C2CC2)C1=O. The van der Waals surface area contributed by atoms with Crippen molar-refractivity contribution >= 4 is 45.1 Å². The van der Waals surface area contributed by atoms with Crippen molar-refractivity contribution in [1.29, 1.82) is 0 Å². The van der Waals surface area contributed by atoms with Gasteiger partial charge in [-0.2, -0.15) is 0 Å². The number of halogens is 2. The van der Waals surface area contributed by atoms with E-state index >= 15 is 0 Å². The molecule has 0 spiro atoms. The summed E-state index contributed by atoms with van der Waals surface area (Å²) in [6.07, 6.45) is 4.35. The molecule has 7 nitrogen and oxygen atoms in total. The third-order valence-corrected chi connectivity index (χ3v) is 11.5. The van der Waals surface area contributed by atoms with Gasteiger partial charge in [-0.25, -0.2) is 13.1 Å². The molecule has 1 aliphatic heterocycles. The Bertz CT molecular complexity index is 1360. The highest BCUT2D eigenvalue weighted by molar-refractivity contribution is 7.90. The van der Waals surface area contributed by atoms with E-state index in [1.165, 1.54) is 0 Å². The maximum atomic E-state index is 14.6. The maximum Gasteiger partial charge on any atom is 0.304 e. The van der Waals surface area contributed by atoms with Gasteiger partial charge in [-0.3, -0.25) is 9.59 Å². The summed E-state index contributed by atoms with van der Waals surface area (Å²) >= 11 is 12.7. The number of carbonyl (C=O) groups excluding carboxylic acids is 1. The van der Waals surface area contributed by atoms with Crippen LogP contribution in [0.5, 0.6) is 0 Å². The van der Waals surface area contributed by atoms with Crippen molar-refractivity contribution in [3.63, 3.8) is 0 Å². The highest BCUT2D eigenvalue weighted by Gasteiger charge is 2.55. The second kappa shape index (κ2) is 11.6. The number of hydrogen-bond acceptors (Lipinski definition) is 4. The van der Waals surface area contributed by atoms with Crippen molar-refractivity contribution in [2.75, 3.05) is 6.54 Å². The molecular formula is C30H36Cl2N2O5S. The normalized spacial score (nSPS) is 26.4. The van der Waals surface area contributed by atoms with Gasteiger partial charge < -0.3 is 10.0 Å². The molecule has 2 aromatic rings. The van der Waals surface area contributed by atoms with Gasteiger partial charge in [0.25, 0.3) is 0 Å². The van der Waals surface area contributed by atoms with E-state index in [1.54, 1.807) is 18.2 Å². The number of rotatable bonds is 11. The Morgan fingerprint density at radius 3 is 2.33 bits per heavy atom. The summed E-state index contributed by atoms with van der Waals surface area (Å²) in [5.41, 5.74) is 0.648. The number of sulfonamides is 1. The number of nitrogens with one attached hydrogen (secondary N) is 1. The van der Waals surface area contributed by atoms with Crippen molar-refractivity contribution in [1.82, 2.24) is 9.62 Å². The number of carboxylic acid groups (broad SMARTS) is 1. The van der Waals surface area contributed by atoms with E-state index in [0.29, 0.717) is 35.7 Å². The van der Waals surface area contributed by atoms with Crippen LogP contribution in [0.2, 0.25) is 10.0 Å². The zero-order valence-electron chi connectivity index (χ0n) is 22.6. The molecule has 2 aromatic carbocycles. The lowest BCUT2D eigenvalue weighted by Crippen LogP contribution is -2.60. The number of piperidine rings is 1. The Hall–Kier alpha value is -2.13. The number of hydrogen-bond donors (Lipinski definition) is 2. The van der Waals surface area contributed by atoms with E-state index < -0.39 is 38.7 Å². The molecular weight excluding hydrogens is 571 g/mol. The Balaban J connectivity index is 1.64. The van der Waals surface area contributed by atoms with E-state index in [9.17, 15) is 23.1 Å². The highest BCUT2D eigenvalue weighted by Crippen LogP contribution is 2.55. The van der Waals surface area contributed by atoms with E-state index in [0.717, 1.165) is 30.4 Å². The minimum atomic E-state index is -3.51. The van der Waals surface area contributed by atoms with Gasteiger partial charge in [-0.05, 0) is 79.8 Å². The summed E-state index contributed by atoms with van der Waals surface area (Å²) in [5, 5.41) is 10.7. The van der Waals surface area contributed by atoms with Crippen LogP contribution in [0.15, 0.2) is 48.5 Å². The topological polar surface area (TPSA) is 104 Å². The monoisotopic (exact) mass is 606 g/mol. The molecule has 0 bridgehead atoms. The minimum Gasteiger partial charge on any atom is -0.481 e. The number of carboxylic acids is 1. The number of amides is 1. The molecule has 3 aliphatic rings. The van der Waals surface area contributed by atoms with Gasteiger partial charge in [0.05, 0.1) is 23.1 Å². The predicted octanol–water partition coefficient (Wildman–Crippen LogP) is 6.17. The molecule has 4 atom stereocenters. The molecule has 0 radical (unpaired) electrons.